The molecule has 2 aromatic rings. The number of benzene rings is 2. The highest BCUT2D eigenvalue weighted by Crippen LogP contribution is 2.27. The summed E-state index contributed by atoms with van der Waals surface area (Å²) in [4.78, 5) is 13.5. The minimum absolute atomic E-state index is 0.0189. The molecule has 0 fully saturated rings. The highest BCUT2D eigenvalue weighted by Gasteiger charge is 2.19. The predicted molar refractivity (Wildman–Crippen MR) is 116 cm³/mol. The normalized spacial score (nSPS) is 14.6. The third-order valence-electron chi connectivity index (χ3n) is 4.63. The second-order valence-corrected chi connectivity index (χ2v) is 11.2. The first kappa shape index (κ1) is 20.2. The zero-order valence-corrected chi connectivity index (χ0v) is 17.8. The summed E-state index contributed by atoms with van der Waals surface area (Å²) >= 11 is 1.57. The highest BCUT2D eigenvalue weighted by atomic mass is 32.2. The van der Waals surface area contributed by atoms with E-state index in [-0.39, 0.29) is 10.7 Å². The molecule has 0 radical (unpaired) electrons. The molecule has 3 nitrogen and oxygen atoms in total. The zero-order valence-electron chi connectivity index (χ0n) is 16.2. The van der Waals surface area contributed by atoms with Gasteiger partial charge < -0.3 is 5.32 Å². The van der Waals surface area contributed by atoms with E-state index in [1.807, 2.05) is 45.0 Å². The van der Waals surface area contributed by atoms with Gasteiger partial charge in [-0.15, -0.1) is 11.8 Å². The number of thioether (sulfide) groups is 1. The number of hydrogen-bond donors (Lipinski definition) is 1. The van der Waals surface area contributed by atoms with Crippen LogP contribution in [0, 0.1) is 0 Å². The summed E-state index contributed by atoms with van der Waals surface area (Å²) in [5.74, 6) is 0.864. The molecule has 27 heavy (non-hydrogen) atoms. The number of fused-ring (bicyclic) bond motifs is 1. The molecule has 1 aliphatic carbocycles. The second-order valence-electron chi connectivity index (χ2n) is 7.92. The number of aryl methyl sites for hydroxylation is 2. The van der Waals surface area contributed by atoms with Crippen molar-refractivity contribution in [3.8, 4) is 0 Å². The molecule has 1 atom stereocenters. The van der Waals surface area contributed by atoms with Crippen molar-refractivity contribution in [2.45, 2.75) is 55.4 Å². The molecule has 0 bridgehead atoms. The summed E-state index contributed by atoms with van der Waals surface area (Å²) < 4.78 is 12.1. The van der Waals surface area contributed by atoms with Crippen molar-refractivity contribution in [3.05, 3.63) is 59.2 Å². The first-order valence-corrected chi connectivity index (χ1v) is 11.6. The highest BCUT2D eigenvalue weighted by molar-refractivity contribution is 8.00. The minimum atomic E-state index is -0.955. The van der Waals surface area contributed by atoms with Gasteiger partial charge in [-0.25, -0.2) is 0 Å². The van der Waals surface area contributed by atoms with Gasteiger partial charge in [-0.3, -0.25) is 9.00 Å². The van der Waals surface area contributed by atoms with Crippen LogP contribution in [0.3, 0.4) is 0 Å². The quantitative estimate of drug-likeness (QED) is 0.697. The first-order chi connectivity index (χ1) is 12.8. The number of carbonyl (C=O) groups is 1. The molecular formula is C22H27NO2S2. The topological polar surface area (TPSA) is 46.2 Å². The van der Waals surface area contributed by atoms with Gasteiger partial charge in [0.25, 0.3) is 0 Å². The molecule has 0 saturated carbocycles. The Balaban J connectivity index is 1.55. The molecule has 0 saturated heterocycles. The third kappa shape index (κ3) is 5.69. The Morgan fingerprint density at radius 2 is 1.89 bits per heavy atom. The van der Waals surface area contributed by atoms with Gasteiger partial charge in [0.2, 0.25) is 5.91 Å². The van der Waals surface area contributed by atoms with Crippen LogP contribution in [0.1, 0.15) is 43.9 Å². The van der Waals surface area contributed by atoms with Crippen molar-refractivity contribution in [3.63, 3.8) is 0 Å². The SMILES string of the molecule is CC(C)(C)S(=O)Cc1cccc(NC(=O)CSc2ccc3c(c2)CCC3)c1. The average molecular weight is 402 g/mol. The Labute approximate surface area is 168 Å². The summed E-state index contributed by atoms with van der Waals surface area (Å²) in [6.07, 6.45) is 3.57. The molecule has 0 spiro atoms. The van der Waals surface area contributed by atoms with Crippen LogP contribution in [0.15, 0.2) is 47.4 Å². The summed E-state index contributed by atoms with van der Waals surface area (Å²) in [5, 5.41) is 2.96. The lowest BCUT2D eigenvalue weighted by Crippen LogP contribution is -2.23. The lowest BCUT2D eigenvalue weighted by molar-refractivity contribution is -0.113. The van der Waals surface area contributed by atoms with Gasteiger partial charge in [0.1, 0.15) is 0 Å². The molecule has 144 valence electrons. The maximum atomic E-state index is 12.3. The average Bonchev–Trinajstić information content (AvgIpc) is 3.07. The molecule has 0 aliphatic heterocycles. The smallest absolute Gasteiger partial charge is 0.234 e. The van der Waals surface area contributed by atoms with Gasteiger partial charge in [0.05, 0.1) is 5.75 Å². The Morgan fingerprint density at radius 3 is 2.67 bits per heavy atom. The van der Waals surface area contributed by atoms with E-state index in [1.165, 1.54) is 24.0 Å². The maximum absolute atomic E-state index is 12.3. The molecule has 1 unspecified atom stereocenters. The van der Waals surface area contributed by atoms with Crippen molar-refractivity contribution in [2.24, 2.45) is 0 Å². The summed E-state index contributed by atoms with van der Waals surface area (Å²) in [6.45, 7) is 5.93. The van der Waals surface area contributed by atoms with Gasteiger partial charge in [-0.1, -0.05) is 18.2 Å². The van der Waals surface area contributed by atoms with Crippen LogP contribution < -0.4 is 5.32 Å². The van der Waals surface area contributed by atoms with Crippen molar-refractivity contribution in [2.75, 3.05) is 11.1 Å². The van der Waals surface area contributed by atoms with Crippen molar-refractivity contribution in [1.82, 2.24) is 0 Å². The Kier molecular flexibility index (Phi) is 6.43. The van der Waals surface area contributed by atoms with Crippen molar-refractivity contribution < 1.29 is 9.00 Å². The molecule has 0 aromatic heterocycles. The fourth-order valence-electron chi connectivity index (χ4n) is 3.09. The van der Waals surface area contributed by atoms with Gasteiger partial charge >= 0.3 is 0 Å². The maximum Gasteiger partial charge on any atom is 0.234 e. The van der Waals surface area contributed by atoms with Crippen LogP contribution in [0.25, 0.3) is 0 Å². The van der Waals surface area contributed by atoms with E-state index in [0.717, 1.165) is 22.6 Å². The fraction of sp³-hybridized carbons (Fsp3) is 0.409. The molecule has 1 amide bonds. The third-order valence-corrected chi connectivity index (χ3v) is 7.59. The Hall–Kier alpha value is -1.59. The molecule has 5 heteroatoms. The van der Waals surface area contributed by atoms with Gasteiger partial charge in [-0.2, -0.15) is 0 Å². The van der Waals surface area contributed by atoms with E-state index in [9.17, 15) is 9.00 Å². The Morgan fingerprint density at radius 1 is 1.11 bits per heavy atom. The predicted octanol–water partition coefficient (Wildman–Crippen LogP) is 4.95. The van der Waals surface area contributed by atoms with Crippen LogP contribution in [0.4, 0.5) is 5.69 Å². The fourth-order valence-corrected chi connectivity index (χ4v) is 4.77. The van der Waals surface area contributed by atoms with Crippen molar-refractivity contribution in [1.29, 1.82) is 0 Å². The van der Waals surface area contributed by atoms with Crippen LogP contribution in [0.2, 0.25) is 0 Å². The summed E-state index contributed by atoms with van der Waals surface area (Å²) in [7, 11) is -0.955. The van der Waals surface area contributed by atoms with Gasteiger partial charge in [0.15, 0.2) is 0 Å². The molecule has 2 aromatic carbocycles. The zero-order chi connectivity index (χ0) is 19.4. The van der Waals surface area contributed by atoms with Crippen LogP contribution in [-0.2, 0) is 34.2 Å². The van der Waals surface area contributed by atoms with Crippen LogP contribution in [-0.4, -0.2) is 20.6 Å². The number of rotatable bonds is 6. The van der Waals surface area contributed by atoms with E-state index in [4.69, 9.17) is 0 Å². The monoisotopic (exact) mass is 401 g/mol. The Bertz CT molecular complexity index is 856. The minimum Gasteiger partial charge on any atom is -0.325 e. The summed E-state index contributed by atoms with van der Waals surface area (Å²) in [5.41, 5.74) is 4.62. The van der Waals surface area contributed by atoms with E-state index < -0.39 is 10.8 Å². The summed E-state index contributed by atoms with van der Waals surface area (Å²) in [6, 6.07) is 14.2. The lowest BCUT2D eigenvalue weighted by atomic mass is 10.1. The number of anilines is 1. The van der Waals surface area contributed by atoms with Crippen LogP contribution in [0.5, 0.6) is 0 Å². The van der Waals surface area contributed by atoms with Crippen LogP contribution >= 0.6 is 11.8 Å². The second kappa shape index (κ2) is 8.61. The molecule has 1 aliphatic rings. The molecule has 1 N–H and O–H groups in total. The molecular weight excluding hydrogens is 374 g/mol. The molecule has 3 rings (SSSR count). The van der Waals surface area contributed by atoms with Gasteiger partial charge in [-0.05, 0) is 81.0 Å². The molecule has 0 heterocycles. The number of nitrogens with one attached hydrogen (secondary N) is 1. The van der Waals surface area contributed by atoms with E-state index >= 15 is 0 Å². The largest absolute Gasteiger partial charge is 0.325 e. The standard InChI is InChI=1S/C22H27NO2S2/c1-22(2,3)27(25)15-16-6-4-9-19(12-16)23-21(24)14-26-20-11-10-17-7-5-8-18(17)13-20/h4,6,9-13H,5,7-8,14-15H2,1-3H3,(H,23,24). The van der Waals surface area contributed by atoms with E-state index in [1.54, 1.807) is 11.8 Å². The number of carbonyl (C=O) groups excluding carboxylic acids is 1. The number of amides is 1. The van der Waals surface area contributed by atoms with Gasteiger partial charge in [0, 0.05) is 31.9 Å². The number of hydrogen-bond acceptors (Lipinski definition) is 3. The lowest BCUT2D eigenvalue weighted by Gasteiger charge is -2.18. The van der Waals surface area contributed by atoms with E-state index in [0.29, 0.717) is 11.5 Å². The van der Waals surface area contributed by atoms with E-state index in [2.05, 4.69) is 23.5 Å². The first-order valence-electron chi connectivity index (χ1n) is 9.33. The van der Waals surface area contributed by atoms with Crippen molar-refractivity contribution >= 4 is 34.2 Å².